The lowest BCUT2D eigenvalue weighted by atomic mass is 10.1. The van der Waals surface area contributed by atoms with E-state index in [0.717, 1.165) is 27.7 Å². The first-order chi connectivity index (χ1) is 12.8. The summed E-state index contributed by atoms with van der Waals surface area (Å²) in [6.45, 7) is 0. The zero-order chi connectivity index (χ0) is 17.8. The van der Waals surface area contributed by atoms with Crippen molar-refractivity contribution < 1.29 is 4.79 Å². The first kappa shape index (κ1) is 15.8. The number of amides is 1. The number of hydrazone groups is 1. The van der Waals surface area contributed by atoms with Crippen molar-refractivity contribution >= 4 is 23.0 Å². The fourth-order valence-corrected chi connectivity index (χ4v) is 2.80. The molecule has 2 aromatic carbocycles. The van der Waals surface area contributed by atoms with E-state index in [1.165, 1.54) is 0 Å². The SMILES string of the molecule is O=C(NN=Cc1cccnc1)c1cccc2cc(-c3ccccc3)[nH]c12. The number of fused-ring (bicyclic) bond motifs is 1. The van der Waals surface area contributed by atoms with E-state index in [4.69, 9.17) is 0 Å². The molecule has 0 fully saturated rings. The fraction of sp³-hybridized carbons (Fsp3) is 0. The van der Waals surface area contributed by atoms with Crippen LogP contribution in [-0.2, 0) is 0 Å². The summed E-state index contributed by atoms with van der Waals surface area (Å²) in [6.07, 6.45) is 4.93. The molecule has 2 aromatic heterocycles. The number of aromatic nitrogens is 2. The Morgan fingerprint density at radius 2 is 1.92 bits per heavy atom. The van der Waals surface area contributed by atoms with Gasteiger partial charge in [0.15, 0.2) is 0 Å². The zero-order valence-electron chi connectivity index (χ0n) is 13.9. The second-order valence-electron chi connectivity index (χ2n) is 5.80. The van der Waals surface area contributed by atoms with Gasteiger partial charge in [0.2, 0.25) is 0 Å². The number of nitrogens with zero attached hydrogens (tertiary/aromatic N) is 2. The summed E-state index contributed by atoms with van der Waals surface area (Å²) < 4.78 is 0. The van der Waals surface area contributed by atoms with E-state index in [0.29, 0.717) is 5.56 Å². The molecular formula is C21H16N4O. The topological polar surface area (TPSA) is 70.1 Å². The number of benzene rings is 2. The number of carbonyl (C=O) groups is 1. The molecule has 0 unspecified atom stereocenters. The minimum atomic E-state index is -0.266. The van der Waals surface area contributed by atoms with Gasteiger partial charge >= 0.3 is 0 Å². The molecule has 4 rings (SSSR count). The number of hydrogen-bond acceptors (Lipinski definition) is 3. The Balaban J connectivity index is 1.61. The maximum absolute atomic E-state index is 12.5. The Kier molecular flexibility index (Phi) is 4.26. The summed E-state index contributed by atoms with van der Waals surface area (Å²) in [5, 5.41) is 4.99. The molecule has 2 N–H and O–H groups in total. The highest BCUT2D eigenvalue weighted by Gasteiger charge is 2.12. The van der Waals surface area contributed by atoms with Crippen LogP contribution < -0.4 is 5.43 Å². The van der Waals surface area contributed by atoms with E-state index >= 15 is 0 Å². The number of aromatic amines is 1. The fourth-order valence-electron chi connectivity index (χ4n) is 2.80. The Hall–Kier alpha value is -3.73. The Labute approximate surface area is 150 Å². The van der Waals surface area contributed by atoms with E-state index in [1.54, 1.807) is 24.7 Å². The standard InChI is InChI=1S/C21H16N4O/c26-21(25-23-14-15-6-5-11-22-13-15)18-10-4-9-17-12-19(24-20(17)18)16-7-2-1-3-8-16/h1-14,24H,(H,25,26). The molecule has 26 heavy (non-hydrogen) atoms. The Morgan fingerprint density at radius 3 is 2.73 bits per heavy atom. The van der Waals surface area contributed by atoms with Crippen LogP contribution in [0.1, 0.15) is 15.9 Å². The van der Waals surface area contributed by atoms with E-state index in [2.05, 4.69) is 20.5 Å². The first-order valence-corrected chi connectivity index (χ1v) is 8.22. The molecule has 0 bridgehead atoms. The Morgan fingerprint density at radius 1 is 1.04 bits per heavy atom. The van der Waals surface area contributed by atoms with Gasteiger partial charge in [-0.2, -0.15) is 5.10 Å². The van der Waals surface area contributed by atoms with Gasteiger partial charge in [0.05, 0.1) is 17.3 Å². The van der Waals surface area contributed by atoms with Crippen molar-refractivity contribution in [2.24, 2.45) is 5.10 Å². The second-order valence-corrected chi connectivity index (χ2v) is 5.80. The van der Waals surface area contributed by atoms with Crippen LogP contribution in [0.5, 0.6) is 0 Å². The zero-order valence-corrected chi connectivity index (χ0v) is 13.9. The Bertz CT molecular complexity index is 1070. The number of carbonyl (C=O) groups excluding carboxylic acids is 1. The monoisotopic (exact) mass is 340 g/mol. The van der Waals surface area contributed by atoms with Crippen LogP contribution in [0.4, 0.5) is 0 Å². The highest BCUT2D eigenvalue weighted by Crippen LogP contribution is 2.26. The van der Waals surface area contributed by atoms with Gasteiger partial charge in [-0.1, -0.05) is 48.5 Å². The number of hydrogen-bond donors (Lipinski definition) is 2. The lowest BCUT2D eigenvalue weighted by molar-refractivity contribution is 0.0956. The predicted octanol–water partition coefficient (Wildman–Crippen LogP) is 3.99. The number of H-pyrrole nitrogens is 1. The molecule has 2 heterocycles. The van der Waals surface area contributed by atoms with E-state index < -0.39 is 0 Å². The number of nitrogens with one attached hydrogen (secondary N) is 2. The average molecular weight is 340 g/mol. The maximum Gasteiger partial charge on any atom is 0.273 e. The quantitative estimate of drug-likeness (QED) is 0.435. The largest absolute Gasteiger partial charge is 0.354 e. The lowest BCUT2D eigenvalue weighted by Crippen LogP contribution is -2.18. The van der Waals surface area contributed by atoms with Crippen LogP contribution in [0, 0.1) is 0 Å². The van der Waals surface area contributed by atoms with Crippen molar-refractivity contribution in [3.63, 3.8) is 0 Å². The highest BCUT2D eigenvalue weighted by atomic mass is 16.2. The van der Waals surface area contributed by atoms with Gasteiger partial charge in [0.1, 0.15) is 0 Å². The second kappa shape index (κ2) is 7.03. The minimum Gasteiger partial charge on any atom is -0.354 e. The van der Waals surface area contributed by atoms with Gasteiger partial charge < -0.3 is 4.98 Å². The third kappa shape index (κ3) is 3.23. The molecule has 126 valence electrons. The third-order valence-electron chi connectivity index (χ3n) is 4.05. The minimum absolute atomic E-state index is 0.266. The first-order valence-electron chi connectivity index (χ1n) is 8.22. The van der Waals surface area contributed by atoms with E-state index in [1.807, 2.05) is 60.7 Å². The maximum atomic E-state index is 12.5. The van der Waals surface area contributed by atoms with Crippen LogP contribution >= 0.6 is 0 Å². The number of para-hydroxylation sites is 1. The molecule has 0 saturated heterocycles. The summed E-state index contributed by atoms with van der Waals surface area (Å²) in [5.41, 5.74) is 6.78. The van der Waals surface area contributed by atoms with Gasteiger partial charge in [-0.25, -0.2) is 5.43 Å². The summed E-state index contributed by atoms with van der Waals surface area (Å²) in [4.78, 5) is 19.9. The molecule has 0 aliphatic heterocycles. The average Bonchev–Trinajstić information content (AvgIpc) is 3.14. The molecule has 0 atom stereocenters. The molecule has 0 radical (unpaired) electrons. The summed E-state index contributed by atoms with van der Waals surface area (Å²) in [5.74, 6) is -0.266. The molecule has 4 aromatic rings. The van der Waals surface area contributed by atoms with Crippen molar-refractivity contribution in [2.75, 3.05) is 0 Å². The van der Waals surface area contributed by atoms with E-state index in [9.17, 15) is 4.79 Å². The summed E-state index contributed by atoms with van der Waals surface area (Å²) in [7, 11) is 0. The van der Waals surface area contributed by atoms with Crippen LogP contribution in [0.3, 0.4) is 0 Å². The van der Waals surface area contributed by atoms with Crippen LogP contribution in [0.25, 0.3) is 22.2 Å². The molecule has 1 amide bonds. The van der Waals surface area contributed by atoms with Gasteiger partial charge in [-0.3, -0.25) is 9.78 Å². The van der Waals surface area contributed by atoms with Gasteiger partial charge in [0.25, 0.3) is 5.91 Å². The third-order valence-corrected chi connectivity index (χ3v) is 4.05. The highest BCUT2D eigenvalue weighted by molar-refractivity contribution is 6.07. The molecule has 0 aliphatic rings. The van der Waals surface area contributed by atoms with Crippen molar-refractivity contribution in [1.29, 1.82) is 0 Å². The molecule has 5 heteroatoms. The predicted molar refractivity (Wildman–Crippen MR) is 103 cm³/mol. The van der Waals surface area contributed by atoms with Crippen molar-refractivity contribution in [2.45, 2.75) is 0 Å². The molecular weight excluding hydrogens is 324 g/mol. The summed E-state index contributed by atoms with van der Waals surface area (Å²) in [6, 6.07) is 21.4. The molecule has 0 aliphatic carbocycles. The van der Waals surface area contributed by atoms with Gasteiger partial charge in [-0.05, 0) is 23.8 Å². The normalized spacial score (nSPS) is 11.1. The van der Waals surface area contributed by atoms with Crippen molar-refractivity contribution in [1.82, 2.24) is 15.4 Å². The van der Waals surface area contributed by atoms with Crippen LogP contribution in [-0.4, -0.2) is 22.1 Å². The van der Waals surface area contributed by atoms with Gasteiger partial charge in [-0.15, -0.1) is 0 Å². The molecule has 5 nitrogen and oxygen atoms in total. The van der Waals surface area contributed by atoms with Crippen LogP contribution in [0.2, 0.25) is 0 Å². The lowest BCUT2D eigenvalue weighted by Gasteiger charge is -2.02. The van der Waals surface area contributed by atoms with Crippen molar-refractivity contribution in [3.8, 4) is 11.3 Å². The van der Waals surface area contributed by atoms with Gasteiger partial charge in [0, 0.05) is 29.0 Å². The number of pyridine rings is 1. The smallest absolute Gasteiger partial charge is 0.273 e. The number of rotatable bonds is 4. The summed E-state index contributed by atoms with van der Waals surface area (Å²) >= 11 is 0. The van der Waals surface area contributed by atoms with Crippen LogP contribution in [0.15, 0.2) is 84.2 Å². The van der Waals surface area contributed by atoms with E-state index in [-0.39, 0.29) is 5.91 Å². The molecule has 0 saturated carbocycles. The van der Waals surface area contributed by atoms with Crippen molar-refractivity contribution in [3.05, 3.63) is 90.3 Å². The molecule has 0 spiro atoms.